The highest BCUT2D eigenvalue weighted by molar-refractivity contribution is 7.03. The van der Waals surface area contributed by atoms with Gasteiger partial charge >= 0.3 is 0 Å². The third kappa shape index (κ3) is 2.54. The first-order valence-corrected chi connectivity index (χ1v) is 11.8. The Kier molecular flexibility index (Phi) is 3.05. The van der Waals surface area contributed by atoms with Crippen LogP contribution in [-0.4, -0.2) is 23.7 Å². The van der Waals surface area contributed by atoms with Gasteiger partial charge in [0.05, 0.1) is 7.11 Å². The minimum atomic E-state index is -1.69. The van der Waals surface area contributed by atoms with Crippen molar-refractivity contribution in [3.05, 3.63) is 35.5 Å². The number of methoxy groups -OCH3 is 1. The lowest BCUT2D eigenvalue weighted by molar-refractivity contribution is 0.415. The SMILES string of the molecule is COc1ccc(C2=C[Si](C)(C)O[Si]2(C)C)cc1. The molecule has 0 atom stereocenters. The monoisotopic (exact) mass is 264 g/mol. The Morgan fingerprint density at radius 2 is 1.59 bits per heavy atom. The molecular weight excluding hydrogens is 244 g/mol. The lowest BCUT2D eigenvalue weighted by atomic mass is 10.2. The van der Waals surface area contributed by atoms with Gasteiger partial charge in [0.25, 0.3) is 0 Å². The van der Waals surface area contributed by atoms with E-state index in [1.807, 2.05) is 12.1 Å². The van der Waals surface area contributed by atoms with Crippen molar-refractivity contribution in [2.24, 2.45) is 0 Å². The molecule has 0 bridgehead atoms. The van der Waals surface area contributed by atoms with E-state index in [0.29, 0.717) is 0 Å². The third-order valence-electron chi connectivity index (χ3n) is 3.06. The molecule has 0 aromatic heterocycles. The quantitative estimate of drug-likeness (QED) is 0.760. The lowest BCUT2D eigenvalue weighted by Crippen LogP contribution is -2.36. The smallest absolute Gasteiger partial charge is 0.206 e. The molecule has 1 aromatic rings. The van der Waals surface area contributed by atoms with Crippen LogP contribution in [0.15, 0.2) is 30.0 Å². The molecule has 92 valence electrons. The van der Waals surface area contributed by atoms with Crippen molar-refractivity contribution in [1.82, 2.24) is 0 Å². The molecule has 17 heavy (non-hydrogen) atoms. The van der Waals surface area contributed by atoms with Gasteiger partial charge in [0.1, 0.15) is 5.75 Å². The minimum Gasteiger partial charge on any atom is -0.497 e. The Hall–Kier alpha value is -0.846. The molecule has 1 aliphatic heterocycles. The van der Waals surface area contributed by atoms with Crippen LogP contribution in [0.4, 0.5) is 0 Å². The second-order valence-electron chi connectivity index (χ2n) is 5.50. The summed E-state index contributed by atoms with van der Waals surface area (Å²) in [5, 5.41) is 1.44. The van der Waals surface area contributed by atoms with Gasteiger partial charge in [0.15, 0.2) is 8.32 Å². The molecule has 1 heterocycles. The summed E-state index contributed by atoms with van der Waals surface area (Å²) >= 11 is 0. The van der Waals surface area contributed by atoms with Crippen LogP contribution in [0, 0.1) is 0 Å². The van der Waals surface area contributed by atoms with Gasteiger partial charge in [-0.3, -0.25) is 0 Å². The maximum atomic E-state index is 6.31. The highest BCUT2D eigenvalue weighted by Crippen LogP contribution is 2.37. The molecule has 2 nitrogen and oxygen atoms in total. The van der Waals surface area contributed by atoms with Gasteiger partial charge in [-0.2, -0.15) is 0 Å². The summed E-state index contributed by atoms with van der Waals surface area (Å²) in [7, 11) is -1.57. The predicted molar refractivity (Wildman–Crippen MR) is 77.0 cm³/mol. The van der Waals surface area contributed by atoms with Crippen LogP contribution >= 0.6 is 0 Å². The maximum absolute atomic E-state index is 6.31. The van der Waals surface area contributed by atoms with Gasteiger partial charge in [-0.05, 0) is 49.1 Å². The lowest BCUT2D eigenvalue weighted by Gasteiger charge is -2.24. The fourth-order valence-corrected chi connectivity index (χ4v) is 12.6. The Morgan fingerprint density at radius 3 is 2.00 bits per heavy atom. The van der Waals surface area contributed by atoms with Crippen molar-refractivity contribution < 1.29 is 8.85 Å². The molecule has 0 spiro atoms. The van der Waals surface area contributed by atoms with E-state index in [-0.39, 0.29) is 0 Å². The van der Waals surface area contributed by atoms with Crippen LogP contribution in [0.3, 0.4) is 0 Å². The van der Waals surface area contributed by atoms with E-state index in [2.05, 4.69) is 44.0 Å². The summed E-state index contributed by atoms with van der Waals surface area (Å²) < 4.78 is 11.5. The van der Waals surface area contributed by atoms with Crippen LogP contribution < -0.4 is 4.74 Å². The Morgan fingerprint density at radius 1 is 1.00 bits per heavy atom. The Balaban J connectivity index is 2.38. The number of ether oxygens (including phenoxy) is 1. The molecule has 0 fully saturated rings. The largest absolute Gasteiger partial charge is 0.497 e. The fourth-order valence-electron chi connectivity index (χ4n) is 2.46. The van der Waals surface area contributed by atoms with E-state index < -0.39 is 16.6 Å². The molecular formula is C13H20O2Si2. The zero-order chi connectivity index (χ0) is 12.7. The van der Waals surface area contributed by atoms with E-state index in [4.69, 9.17) is 8.85 Å². The topological polar surface area (TPSA) is 18.5 Å². The highest BCUT2D eigenvalue weighted by Gasteiger charge is 2.42. The van der Waals surface area contributed by atoms with Crippen molar-refractivity contribution >= 4 is 21.8 Å². The summed E-state index contributed by atoms with van der Waals surface area (Å²) in [6.07, 6.45) is 0. The van der Waals surface area contributed by atoms with Gasteiger partial charge in [-0.15, -0.1) is 0 Å². The fraction of sp³-hybridized carbons (Fsp3) is 0.385. The summed E-state index contributed by atoms with van der Waals surface area (Å²) in [6.45, 7) is 9.09. The average molecular weight is 264 g/mol. The van der Waals surface area contributed by atoms with Crippen LogP contribution in [0.1, 0.15) is 5.56 Å². The van der Waals surface area contributed by atoms with Crippen molar-refractivity contribution in [3.8, 4) is 5.75 Å². The third-order valence-corrected chi connectivity index (χ3v) is 10.2. The van der Waals surface area contributed by atoms with Crippen molar-refractivity contribution in [2.75, 3.05) is 7.11 Å². The van der Waals surface area contributed by atoms with Crippen LogP contribution in [0.2, 0.25) is 26.2 Å². The van der Waals surface area contributed by atoms with Gasteiger partial charge in [0.2, 0.25) is 8.32 Å². The van der Waals surface area contributed by atoms with Crippen molar-refractivity contribution in [3.63, 3.8) is 0 Å². The van der Waals surface area contributed by atoms with Gasteiger partial charge in [-0.25, -0.2) is 0 Å². The summed E-state index contributed by atoms with van der Waals surface area (Å²) in [5.74, 6) is 0.907. The van der Waals surface area contributed by atoms with Crippen LogP contribution in [0.5, 0.6) is 5.75 Å². The number of benzene rings is 1. The Labute approximate surface area is 106 Å². The predicted octanol–water partition coefficient (Wildman–Crippen LogP) is 3.60. The molecule has 1 aromatic carbocycles. The van der Waals surface area contributed by atoms with E-state index in [1.54, 1.807) is 7.11 Å². The number of hydrogen-bond donors (Lipinski definition) is 0. The van der Waals surface area contributed by atoms with E-state index in [9.17, 15) is 0 Å². The minimum absolute atomic E-state index is 0.907. The average Bonchev–Trinajstić information content (AvgIpc) is 2.47. The molecule has 0 aliphatic carbocycles. The zero-order valence-electron chi connectivity index (χ0n) is 11.2. The Bertz CT molecular complexity index is 447. The second kappa shape index (κ2) is 4.12. The first-order chi connectivity index (χ1) is 7.84. The summed E-state index contributed by atoms with van der Waals surface area (Å²) in [6, 6.07) is 8.32. The molecule has 0 saturated carbocycles. The normalized spacial score (nSPS) is 21.1. The van der Waals surface area contributed by atoms with Crippen LogP contribution in [-0.2, 0) is 4.12 Å². The standard InChI is InChI=1S/C13H20O2Si2/c1-14-12-8-6-11(7-9-12)13-10-16(2,3)15-17(13,4)5/h6-10H,1-5H3. The molecule has 1 aliphatic rings. The highest BCUT2D eigenvalue weighted by atomic mass is 28.4. The molecule has 2 rings (SSSR count). The van der Waals surface area contributed by atoms with Crippen LogP contribution in [0.25, 0.3) is 5.20 Å². The molecule has 0 radical (unpaired) electrons. The molecule has 4 heteroatoms. The van der Waals surface area contributed by atoms with Gasteiger partial charge in [0, 0.05) is 0 Å². The first kappa shape index (κ1) is 12.6. The van der Waals surface area contributed by atoms with Crippen molar-refractivity contribution in [2.45, 2.75) is 26.2 Å². The number of rotatable bonds is 2. The summed E-state index contributed by atoms with van der Waals surface area (Å²) in [4.78, 5) is 0. The van der Waals surface area contributed by atoms with Gasteiger partial charge in [-0.1, -0.05) is 17.8 Å². The number of hydrogen-bond acceptors (Lipinski definition) is 2. The molecule has 0 unspecified atom stereocenters. The second-order valence-corrected chi connectivity index (χ2v) is 13.4. The molecule has 0 saturated heterocycles. The van der Waals surface area contributed by atoms with Gasteiger partial charge < -0.3 is 8.85 Å². The maximum Gasteiger partial charge on any atom is 0.206 e. The van der Waals surface area contributed by atoms with Crippen molar-refractivity contribution in [1.29, 1.82) is 0 Å². The van der Waals surface area contributed by atoms with E-state index >= 15 is 0 Å². The summed E-state index contributed by atoms with van der Waals surface area (Å²) in [5.41, 5.74) is 3.70. The first-order valence-electron chi connectivity index (χ1n) is 5.92. The van der Waals surface area contributed by atoms with E-state index in [0.717, 1.165) is 5.75 Å². The zero-order valence-corrected chi connectivity index (χ0v) is 13.2. The molecule has 0 amide bonds. The van der Waals surface area contributed by atoms with E-state index in [1.165, 1.54) is 10.8 Å². The molecule has 0 N–H and O–H groups in total.